The molecule has 1 aromatic heterocycles. The first-order valence-corrected chi connectivity index (χ1v) is 12.0. The zero-order chi connectivity index (χ0) is 21.4. The molecule has 0 aliphatic rings. The van der Waals surface area contributed by atoms with Crippen molar-refractivity contribution in [3.05, 3.63) is 48.2 Å². The van der Waals surface area contributed by atoms with Gasteiger partial charge in [-0.05, 0) is 56.4 Å². The van der Waals surface area contributed by atoms with Gasteiger partial charge in [-0.3, -0.25) is 0 Å². The van der Waals surface area contributed by atoms with Crippen molar-refractivity contribution in [1.29, 1.82) is 0 Å². The fraction of sp³-hybridized carbons (Fsp3) is 0.478. The number of aliphatic imine (C=N–C) groups is 1. The second kappa shape index (κ2) is 14.6. The molecule has 2 aromatic rings. The molecule has 0 aliphatic heterocycles. The Morgan fingerprint density at radius 3 is 2.67 bits per heavy atom. The maximum absolute atomic E-state index is 6.11. The van der Waals surface area contributed by atoms with E-state index in [2.05, 4.69) is 35.7 Å². The smallest absolute Gasteiger partial charge is 0.224 e. The maximum atomic E-state index is 6.11. The number of nitrogens with one attached hydrogen (secondary N) is 2. The summed E-state index contributed by atoms with van der Waals surface area (Å²) < 4.78 is 11.9. The first-order chi connectivity index (χ1) is 14.8. The summed E-state index contributed by atoms with van der Waals surface area (Å²) in [6, 6.07) is 11.6. The first kappa shape index (κ1) is 23.9. The normalized spacial score (nSPS) is 11.2. The molecule has 2 rings (SSSR count). The van der Waals surface area contributed by atoms with Gasteiger partial charge in [-0.15, -0.1) is 0 Å². The third-order valence-electron chi connectivity index (χ3n) is 4.19. The fourth-order valence-electron chi connectivity index (χ4n) is 2.69. The van der Waals surface area contributed by atoms with Crippen LogP contribution in [-0.2, 0) is 6.54 Å². The molecule has 7 heteroatoms. The van der Waals surface area contributed by atoms with Crippen molar-refractivity contribution >= 4 is 17.7 Å². The molecule has 164 valence electrons. The molecule has 0 unspecified atom stereocenters. The van der Waals surface area contributed by atoms with Gasteiger partial charge in [-0.25, -0.2) is 9.98 Å². The van der Waals surface area contributed by atoms with E-state index in [4.69, 9.17) is 14.5 Å². The van der Waals surface area contributed by atoms with Crippen LogP contribution >= 0.6 is 11.8 Å². The van der Waals surface area contributed by atoms with Crippen LogP contribution in [0.1, 0.15) is 38.7 Å². The number of guanidine groups is 1. The van der Waals surface area contributed by atoms with E-state index in [1.54, 1.807) is 6.20 Å². The highest BCUT2D eigenvalue weighted by Gasteiger charge is 2.10. The lowest BCUT2D eigenvalue weighted by atomic mass is 10.2. The number of aromatic nitrogens is 1. The second-order valence-electron chi connectivity index (χ2n) is 6.69. The molecule has 0 spiro atoms. The Hall–Kier alpha value is -2.41. The van der Waals surface area contributed by atoms with E-state index in [1.165, 1.54) is 12.2 Å². The van der Waals surface area contributed by atoms with E-state index in [9.17, 15) is 0 Å². The Labute approximate surface area is 184 Å². The minimum atomic E-state index is 0.474. The number of rotatable bonds is 13. The van der Waals surface area contributed by atoms with Crippen LogP contribution in [0.15, 0.2) is 47.6 Å². The topological polar surface area (TPSA) is 67.8 Å². The van der Waals surface area contributed by atoms with Gasteiger partial charge in [0.05, 0.1) is 13.2 Å². The third kappa shape index (κ3) is 8.53. The van der Waals surface area contributed by atoms with Crippen molar-refractivity contribution in [2.45, 2.75) is 39.7 Å². The molecule has 0 atom stereocenters. The van der Waals surface area contributed by atoms with E-state index in [-0.39, 0.29) is 0 Å². The molecule has 0 bridgehead atoms. The van der Waals surface area contributed by atoms with Gasteiger partial charge >= 0.3 is 0 Å². The number of thioether (sulfide) groups is 1. The number of para-hydroxylation sites is 2. The Morgan fingerprint density at radius 1 is 1.07 bits per heavy atom. The molecule has 1 aromatic carbocycles. The summed E-state index contributed by atoms with van der Waals surface area (Å²) in [6.45, 7) is 6.99. The largest absolute Gasteiger partial charge is 0.490 e. The van der Waals surface area contributed by atoms with E-state index in [0.717, 1.165) is 43.2 Å². The van der Waals surface area contributed by atoms with Gasteiger partial charge in [-0.1, -0.05) is 25.1 Å². The molecule has 0 saturated carbocycles. The number of ether oxygens (including phenoxy) is 2. The molecule has 30 heavy (non-hydrogen) atoms. The van der Waals surface area contributed by atoms with Crippen LogP contribution in [0.3, 0.4) is 0 Å². The molecule has 2 N–H and O–H groups in total. The van der Waals surface area contributed by atoms with E-state index in [1.807, 2.05) is 48.2 Å². The van der Waals surface area contributed by atoms with Gasteiger partial charge in [0.25, 0.3) is 0 Å². The molecule has 0 amide bonds. The summed E-state index contributed by atoms with van der Waals surface area (Å²) in [5, 5.41) is 6.70. The lowest BCUT2D eigenvalue weighted by Crippen LogP contribution is -2.37. The molecular formula is C23H34N4O2S. The Kier molecular flexibility index (Phi) is 11.6. The molecular weight excluding hydrogens is 396 g/mol. The number of hydrogen-bond acceptors (Lipinski definition) is 5. The number of pyridine rings is 1. The maximum Gasteiger partial charge on any atom is 0.224 e. The van der Waals surface area contributed by atoms with E-state index >= 15 is 0 Å². The van der Waals surface area contributed by atoms with Crippen molar-refractivity contribution in [2.75, 3.05) is 31.7 Å². The zero-order valence-electron chi connectivity index (χ0n) is 18.3. The number of hydrogen-bond donors (Lipinski definition) is 2. The summed E-state index contributed by atoms with van der Waals surface area (Å²) in [7, 11) is 0. The van der Waals surface area contributed by atoms with Gasteiger partial charge < -0.3 is 20.1 Å². The summed E-state index contributed by atoms with van der Waals surface area (Å²) in [5.74, 6) is 3.93. The Balaban J connectivity index is 2.06. The predicted octanol–water partition coefficient (Wildman–Crippen LogP) is 4.86. The number of nitrogens with zero attached hydrogens (tertiary/aromatic N) is 2. The van der Waals surface area contributed by atoms with Gasteiger partial charge in [0.15, 0.2) is 17.5 Å². The van der Waals surface area contributed by atoms with E-state index < -0.39 is 0 Å². The standard InChI is InChI=1S/C23H34N4O2S/c1-4-16-28-20-12-6-7-13-21(20)29-22-19(11-10-15-25-22)18-27-23(24-5-2)26-14-8-9-17-30-3/h6-7,10-13,15H,4-5,8-9,14,16-18H2,1-3H3,(H2,24,26,27). The van der Waals surface area contributed by atoms with Crippen LogP contribution in [0.2, 0.25) is 0 Å². The van der Waals surface area contributed by atoms with Crippen molar-refractivity contribution in [1.82, 2.24) is 15.6 Å². The average molecular weight is 431 g/mol. The van der Waals surface area contributed by atoms with E-state index in [0.29, 0.717) is 24.8 Å². The van der Waals surface area contributed by atoms with Gasteiger partial charge in [0.2, 0.25) is 5.88 Å². The molecule has 1 heterocycles. The average Bonchev–Trinajstić information content (AvgIpc) is 2.77. The lowest BCUT2D eigenvalue weighted by Gasteiger charge is -2.14. The fourth-order valence-corrected chi connectivity index (χ4v) is 3.18. The van der Waals surface area contributed by atoms with Crippen molar-refractivity contribution in [2.24, 2.45) is 4.99 Å². The Morgan fingerprint density at radius 2 is 1.90 bits per heavy atom. The summed E-state index contributed by atoms with van der Waals surface area (Å²) >= 11 is 1.88. The van der Waals surface area contributed by atoms with Crippen LogP contribution in [0.25, 0.3) is 0 Å². The summed E-state index contributed by atoms with van der Waals surface area (Å²) in [6.07, 6.45) is 7.14. The van der Waals surface area contributed by atoms with Crippen LogP contribution in [0.5, 0.6) is 17.4 Å². The van der Waals surface area contributed by atoms with Crippen LogP contribution in [0.4, 0.5) is 0 Å². The highest BCUT2D eigenvalue weighted by Crippen LogP contribution is 2.32. The van der Waals surface area contributed by atoms with Crippen molar-refractivity contribution in [3.8, 4) is 17.4 Å². The second-order valence-corrected chi connectivity index (χ2v) is 7.67. The minimum absolute atomic E-state index is 0.474. The molecule has 0 fully saturated rings. The number of unbranched alkanes of at least 4 members (excludes halogenated alkanes) is 1. The van der Waals surface area contributed by atoms with Gasteiger partial charge in [0, 0.05) is 24.8 Å². The Bertz CT molecular complexity index is 770. The summed E-state index contributed by atoms with van der Waals surface area (Å²) in [4.78, 5) is 9.14. The monoisotopic (exact) mass is 430 g/mol. The molecule has 0 saturated heterocycles. The van der Waals surface area contributed by atoms with Crippen molar-refractivity contribution in [3.63, 3.8) is 0 Å². The zero-order valence-corrected chi connectivity index (χ0v) is 19.1. The van der Waals surface area contributed by atoms with Gasteiger partial charge in [-0.2, -0.15) is 11.8 Å². The van der Waals surface area contributed by atoms with Crippen molar-refractivity contribution < 1.29 is 9.47 Å². The molecule has 6 nitrogen and oxygen atoms in total. The first-order valence-electron chi connectivity index (χ1n) is 10.6. The van der Waals surface area contributed by atoms with Crippen LogP contribution in [0, 0.1) is 0 Å². The predicted molar refractivity (Wildman–Crippen MR) is 127 cm³/mol. The lowest BCUT2D eigenvalue weighted by molar-refractivity contribution is 0.300. The highest BCUT2D eigenvalue weighted by molar-refractivity contribution is 7.98. The summed E-state index contributed by atoms with van der Waals surface area (Å²) in [5.41, 5.74) is 0.919. The third-order valence-corrected chi connectivity index (χ3v) is 4.88. The minimum Gasteiger partial charge on any atom is -0.490 e. The highest BCUT2D eigenvalue weighted by atomic mass is 32.2. The molecule has 0 aliphatic carbocycles. The molecule has 0 radical (unpaired) electrons. The van der Waals surface area contributed by atoms with Crippen LogP contribution in [-0.4, -0.2) is 42.6 Å². The SMILES string of the molecule is CCCOc1ccccc1Oc1ncccc1CN=C(NCC)NCCCCSC. The number of benzene rings is 1. The van der Waals surface area contributed by atoms with Gasteiger partial charge in [0.1, 0.15) is 0 Å². The quantitative estimate of drug-likeness (QED) is 0.269. The van der Waals surface area contributed by atoms with Crippen LogP contribution < -0.4 is 20.1 Å².